The molecule has 0 bridgehead atoms. The van der Waals surface area contributed by atoms with E-state index in [9.17, 15) is 9.18 Å². The molecule has 3 aromatic rings. The topological polar surface area (TPSA) is 59.8 Å². The van der Waals surface area contributed by atoms with Gasteiger partial charge in [0.15, 0.2) is 11.0 Å². The van der Waals surface area contributed by atoms with Gasteiger partial charge in [0, 0.05) is 11.6 Å². The van der Waals surface area contributed by atoms with Crippen molar-refractivity contribution in [2.45, 2.75) is 25.5 Å². The number of halogens is 3. The highest BCUT2D eigenvalue weighted by atomic mass is 35.5. The highest BCUT2D eigenvalue weighted by Gasteiger charge is 2.19. The van der Waals surface area contributed by atoms with E-state index >= 15 is 0 Å². The monoisotopic (exact) mass is 452 g/mol. The molecule has 1 heterocycles. The number of carbonyl (C=O) groups is 1. The lowest BCUT2D eigenvalue weighted by atomic mass is 10.2. The van der Waals surface area contributed by atoms with Crippen LogP contribution in [0.2, 0.25) is 10.0 Å². The Balaban J connectivity index is 1.77. The third kappa shape index (κ3) is 5.50. The Bertz CT molecular complexity index is 1030. The van der Waals surface area contributed by atoms with Gasteiger partial charge in [-0.1, -0.05) is 60.9 Å². The Labute approximate surface area is 182 Å². The van der Waals surface area contributed by atoms with Crippen LogP contribution >= 0.6 is 35.0 Å². The fourth-order valence-corrected chi connectivity index (χ4v) is 3.76. The number of nitrogens with one attached hydrogen (secondary N) is 1. The first-order chi connectivity index (χ1) is 13.8. The molecule has 0 aliphatic heterocycles. The summed E-state index contributed by atoms with van der Waals surface area (Å²) < 4.78 is 16.1. The Morgan fingerprint density at radius 1 is 1.21 bits per heavy atom. The number of thioether (sulfide) groups is 1. The molecule has 0 atom stereocenters. The van der Waals surface area contributed by atoms with E-state index in [4.69, 9.17) is 23.2 Å². The lowest BCUT2D eigenvalue weighted by molar-refractivity contribution is -0.113. The van der Waals surface area contributed by atoms with Gasteiger partial charge >= 0.3 is 0 Å². The zero-order chi connectivity index (χ0) is 21.0. The number of carbonyl (C=O) groups excluding carboxylic acids is 1. The summed E-state index contributed by atoms with van der Waals surface area (Å²) in [6.07, 6.45) is 0. The van der Waals surface area contributed by atoms with Crippen LogP contribution in [-0.4, -0.2) is 26.4 Å². The first-order valence-corrected chi connectivity index (χ1v) is 10.6. The molecule has 0 fully saturated rings. The van der Waals surface area contributed by atoms with Gasteiger partial charge in [-0.25, -0.2) is 4.39 Å². The van der Waals surface area contributed by atoms with Gasteiger partial charge in [-0.15, -0.1) is 10.2 Å². The van der Waals surface area contributed by atoms with Crippen molar-refractivity contribution >= 4 is 46.6 Å². The quantitative estimate of drug-likeness (QED) is 0.461. The van der Waals surface area contributed by atoms with Crippen LogP contribution in [-0.2, 0) is 11.3 Å². The zero-order valence-corrected chi connectivity index (χ0v) is 18.2. The molecule has 0 spiro atoms. The van der Waals surface area contributed by atoms with Crippen molar-refractivity contribution < 1.29 is 9.18 Å². The van der Waals surface area contributed by atoms with Crippen LogP contribution in [0.25, 0.3) is 11.4 Å². The van der Waals surface area contributed by atoms with Crippen LogP contribution < -0.4 is 5.32 Å². The molecule has 152 valence electrons. The number of aromatic nitrogens is 3. The standard InChI is InChI=1S/C20H19Cl2FN4OS/c1-12(2)10-27-19(14-5-3-4-6-16(14)23)25-26-20(27)29-11-18(28)24-17-9-13(21)7-8-15(17)22/h3-9,12H,10-11H2,1-2H3,(H,24,28). The van der Waals surface area contributed by atoms with Crippen molar-refractivity contribution in [1.29, 1.82) is 0 Å². The number of nitrogens with zero attached hydrogens (tertiary/aromatic N) is 3. The maximum Gasteiger partial charge on any atom is 0.234 e. The predicted octanol–water partition coefficient (Wildman–Crippen LogP) is 5.78. The van der Waals surface area contributed by atoms with Gasteiger partial charge in [0.05, 0.1) is 22.0 Å². The fourth-order valence-electron chi connectivity index (χ4n) is 2.68. The second kappa shape index (κ2) is 9.61. The molecule has 0 aliphatic carbocycles. The van der Waals surface area contributed by atoms with E-state index in [1.165, 1.54) is 17.8 Å². The molecule has 5 nitrogen and oxygen atoms in total. The lowest BCUT2D eigenvalue weighted by Crippen LogP contribution is -2.15. The number of hydrogen-bond acceptors (Lipinski definition) is 4. The van der Waals surface area contributed by atoms with Crippen molar-refractivity contribution in [3.05, 3.63) is 58.3 Å². The number of hydrogen-bond donors (Lipinski definition) is 1. The molecule has 0 unspecified atom stereocenters. The molecule has 1 amide bonds. The highest BCUT2D eigenvalue weighted by molar-refractivity contribution is 7.99. The normalized spacial score (nSPS) is 11.1. The summed E-state index contributed by atoms with van der Waals surface area (Å²) in [4.78, 5) is 12.4. The molecule has 2 aromatic carbocycles. The minimum atomic E-state index is -0.366. The molecule has 1 aromatic heterocycles. The van der Waals surface area contributed by atoms with Gasteiger partial charge in [-0.3, -0.25) is 4.79 Å². The third-order valence-corrected chi connectivity index (χ3v) is 5.45. The van der Waals surface area contributed by atoms with E-state index in [-0.39, 0.29) is 23.4 Å². The van der Waals surface area contributed by atoms with Crippen LogP contribution in [0.15, 0.2) is 47.6 Å². The molecule has 0 saturated carbocycles. The third-order valence-electron chi connectivity index (χ3n) is 3.91. The maximum absolute atomic E-state index is 14.3. The lowest BCUT2D eigenvalue weighted by Gasteiger charge is -2.13. The first-order valence-electron chi connectivity index (χ1n) is 8.91. The van der Waals surface area contributed by atoms with Crippen molar-refractivity contribution in [2.24, 2.45) is 5.92 Å². The molecule has 0 aliphatic rings. The van der Waals surface area contributed by atoms with Crippen LogP contribution in [0.5, 0.6) is 0 Å². The minimum Gasteiger partial charge on any atom is -0.324 e. The van der Waals surface area contributed by atoms with Gasteiger partial charge in [0.2, 0.25) is 5.91 Å². The summed E-state index contributed by atoms with van der Waals surface area (Å²) in [6, 6.07) is 11.3. The average Bonchev–Trinajstić information content (AvgIpc) is 3.05. The number of rotatable bonds is 7. The second-order valence-corrected chi connectivity index (χ2v) is 8.54. The van der Waals surface area contributed by atoms with E-state index in [2.05, 4.69) is 15.5 Å². The van der Waals surface area contributed by atoms with Crippen molar-refractivity contribution in [3.63, 3.8) is 0 Å². The molecule has 29 heavy (non-hydrogen) atoms. The first kappa shape index (κ1) is 21.6. The van der Waals surface area contributed by atoms with Gasteiger partial charge in [0.25, 0.3) is 0 Å². The molecule has 1 N–H and O–H groups in total. The van der Waals surface area contributed by atoms with E-state index < -0.39 is 0 Å². The van der Waals surface area contributed by atoms with Gasteiger partial charge in [0.1, 0.15) is 5.82 Å². The van der Waals surface area contributed by atoms with Crippen LogP contribution in [0.1, 0.15) is 13.8 Å². The van der Waals surface area contributed by atoms with Crippen LogP contribution in [0, 0.1) is 11.7 Å². The highest BCUT2D eigenvalue weighted by Crippen LogP contribution is 2.28. The predicted molar refractivity (Wildman–Crippen MR) is 116 cm³/mol. The van der Waals surface area contributed by atoms with Crippen LogP contribution in [0.4, 0.5) is 10.1 Å². The molecule has 0 saturated heterocycles. The Morgan fingerprint density at radius 3 is 2.69 bits per heavy atom. The smallest absolute Gasteiger partial charge is 0.234 e. The van der Waals surface area contributed by atoms with E-state index in [1.54, 1.807) is 36.4 Å². The van der Waals surface area contributed by atoms with Gasteiger partial charge < -0.3 is 9.88 Å². The average molecular weight is 453 g/mol. The van der Waals surface area contributed by atoms with E-state index in [1.807, 2.05) is 18.4 Å². The van der Waals surface area contributed by atoms with Crippen molar-refractivity contribution in [2.75, 3.05) is 11.1 Å². The molecule has 3 rings (SSSR count). The summed E-state index contributed by atoms with van der Waals surface area (Å²) in [7, 11) is 0. The maximum atomic E-state index is 14.3. The largest absolute Gasteiger partial charge is 0.324 e. The molecular formula is C20H19Cl2FN4OS. The zero-order valence-electron chi connectivity index (χ0n) is 15.8. The Morgan fingerprint density at radius 2 is 1.97 bits per heavy atom. The number of benzene rings is 2. The summed E-state index contributed by atoms with van der Waals surface area (Å²) in [6.45, 7) is 4.70. The summed E-state index contributed by atoms with van der Waals surface area (Å²) in [5.41, 5.74) is 0.822. The Kier molecular flexibility index (Phi) is 7.16. The van der Waals surface area contributed by atoms with Crippen molar-refractivity contribution in [3.8, 4) is 11.4 Å². The SMILES string of the molecule is CC(C)Cn1c(SCC(=O)Nc2cc(Cl)ccc2Cl)nnc1-c1ccccc1F. The summed E-state index contributed by atoms with van der Waals surface area (Å²) in [5.74, 6) is 0.198. The Hall–Kier alpha value is -2.09. The van der Waals surface area contributed by atoms with Gasteiger partial charge in [-0.2, -0.15) is 0 Å². The number of anilines is 1. The van der Waals surface area contributed by atoms with Gasteiger partial charge in [-0.05, 0) is 36.2 Å². The minimum absolute atomic E-state index is 0.0936. The molecule has 0 radical (unpaired) electrons. The fraction of sp³-hybridized carbons (Fsp3) is 0.250. The van der Waals surface area contributed by atoms with Crippen LogP contribution in [0.3, 0.4) is 0 Å². The van der Waals surface area contributed by atoms with Crippen molar-refractivity contribution in [1.82, 2.24) is 14.8 Å². The van der Waals surface area contributed by atoms with E-state index in [0.29, 0.717) is 38.8 Å². The molecular weight excluding hydrogens is 434 g/mol. The summed E-state index contributed by atoms with van der Waals surface area (Å²) >= 11 is 13.3. The summed E-state index contributed by atoms with van der Waals surface area (Å²) in [5, 5.41) is 12.5. The second-order valence-electron chi connectivity index (χ2n) is 6.75. The molecule has 9 heteroatoms. The number of amides is 1. The van der Waals surface area contributed by atoms with E-state index in [0.717, 1.165) is 0 Å².